The average Bonchev–Trinajstić information content (AvgIpc) is 2.49. The summed E-state index contributed by atoms with van der Waals surface area (Å²) in [6, 6.07) is 9.59. The van der Waals surface area contributed by atoms with Gasteiger partial charge in [-0.2, -0.15) is 8.42 Å². The molecule has 2 rings (SSSR count). The summed E-state index contributed by atoms with van der Waals surface area (Å²) in [5.74, 6) is 1.50. The van der Waals surface area contributed by atoms with Crippen molar-refractivity contribution in [1.82, 2.24) is 0 Å². The van der Waals surface area contributed by atoms with Gasteiger partial charge in [0.1, 0.15) is 22.1 Å². The van der Waals surface area contributed by atoms with Crippen LogP contribution in [-0.2, 0) is 10.1 Å². The van der Waals surface area contributed by atoms with Crippen molar-refractivity contribution in [3.63, 3.8) is 0 Å². The maximum Gasteiger partial charge on any atom is 0.339 e. The highest BCUT2D eigenvalue weighted by Gasteiger charge is 2.21. The van der Waals surface area contributed by atoms with Crippen LogP contribution in [0.4, 0.5) is 0 Å². The zero-order valence-corrected chi connectivity index (χ0v) is 13.7. The molecule has 2 aromatic rings. The molecule has 0 aromatic heterocycles. The van der Waals surface area contributed by atoms with E-state index in [1.54, 1.807) is 57.4 Å². The molecule has 6 heteroatoms. The number of benzene rings is 2. The Morgan fingerprint density at radius 1 is 0.818 bits per heavy atom. The smallest absolute Gasteiger partial charge is 0.339 e. The summed E-state index contributed by atoms with van der Waals surface area (Å²) in [6.07, 6.45) is 0. The first kappa shape index (κ1) is 16.2. The zero-order chi connectivity index (χ0) is 16.3. The van der Waals surface area contributed by atoms with E-state index in [2.05, 4.69) is 0 Å². The van der Waals surface area contributed by atoms with Gasteiger partial charge >= 0.3 is 10.1 Å². The predicted molar refractivity (Wildman–Crippen MR) is 83.3 cm³/mol. The summed E-state index contributed by atoms with van der Waals surface area (Å²) in [5, 5.41) is 0. The van der Waals surface area contributed by atoms with E-state index in [1.165, 1.54) is 7.11 Å². The third-order valence-electron chi connectivity index (χ3n) is 3.23. The van der Waals surface area contributed by atoms with E-state index >= 15 is 0 Å². The number of hydrogen-bond acceptors (Lipinski definition) is 5. The molecule has 0 fully saturated rings. The van der Waals surface area contributed by atoms with E-state index in [1.807, 2.05) is 0 Å². The van der Waals surface area contributed by atoms with Crippen molar-refractivity contribution in [1.29, 1.82) is 0 Å². The van der Waals surface area contributed by atoms with Crippen LogP contribution in [0, 0.1) is 13.8 Å². The quantitative estimate of drug-likeness (QED) is 0.792. The van der Waals surface area contributed by atoms with E-state index in [-0.39, 0.29) is 10.6 Å². The van der Waals surface area contributed by atoms with Crippen molar-refractivity contribution in [2.24, 2.45) is 0 Å². The Labute approximate surface area is 130 Å². The molecule has 0 aliphatic rings. The van der Waals surface area contributed by atoms with Crippen LogP contribution < -0.4 is 13.7 Å². The van der Waals surface area contributed by atoms with Gasteiger partial charge < -0.3 is 13.7 Å². The van der Waals surface area contributed by atoms with Crippen LogP contribution in [0.5, 0.6) is 17.2 Å². The standard InChI is InChI=1S/C16H18O5S/c1-11-10-16(12(2)9-15(11)20-4)22(17,18)21-14-7-5-13(19-3)6-8-14/h5-10H,1-4H3. The fourth-order valence-electron chi connectivity index (χ4n) is 2.06. The van der Waals surface area contributed by atoms with Gasteiger partial charge in [-0.3, -0.25) is 0 Å². The van der Waals surface area contributed by atoms with Crippen LogP contribution in [0.15, 0.2) is 41.3 Å². The summed E-state index contributed by atoms with van der Waals surface area (Å²) < 4.78 is 40.3. The van der Waals surface area contributed by atoms with E-state index in [0.717, 1.165) is 5.56 Å². The van der Waals surface area contributed by atoms with Gasteiger partial charge in [-0.25, -0.2) is 0 Å². The fraction of sp³-hybridized carbons (Fsp3) is 0.250. The molecule has 0 amide bonds. The summed E-state index contributed by atoms with van der Waals surface area (Å²) in [5.41, 5.74) is 1.29. The lowest BCUT2D eigenvalue weighted by atomic mass is 10.1. The summed E-state index contributed by atoms with van der Waals surface area (Å²) >= 11 is 0. The number of ether oxygens (including phenoxy) is 2. The molecule has 0 saturated heterocycles. The highest BCUT2D eigenvalue weighted by Crippen LogP contribution is 2.28. The minimum Gasteiger partial charge on any atom is -0.497 e. The zero-order valence-electron chi connectivity index (χ0n) is 12.9. The highest BCUT2D eigenvalue weighted by atomic mass is 32.2. The van der Waals surface area contributed by atoms with Crippen LogP contribution in [0.2, 0.25) is 0 Å². The number of methoxy groups -OCH3 is 2. The molecule has 5 nitrogen and oxygen atoms in total. The third kappa shape index (κ3) is 3.33. The maximum atomic E-state index is 12.4. The Hall–Kier alpha value is -2.21. The Kier molecular flexibility index (Phi) is 4.61. The molecule has 0 atom stereocenters. The SMILES string of the molecule is COc1ccc(OS(=O)(=O)c2cc(C)c(OC)cc2C)cc1. The topological polar surface area (TPSA) is 61.8 Å². The summed E-state index contributed by atoms with van der Waals surface area (Å²) in [4.78, 5) is 0.126. The van der Waals surface area contributed by atoms with Gasteiger partial charge in [-0.15, -0.1) is 0 Å². The van der Waals surface area contributed by atoms with Crippen LogP contribution in [0.3, 0.4) is 0 Å². The Bertz CT molecular complexity index is 764. The monoisotopic (exact) mass is 322 g/mol. The van der Waals surface area contributed by atoms with E-state index in [0.29, 0.717) is 17.1 Å². The fourth-order valence-corrected chi connectivity index (χ4v) is 3.28. The maximum absolute atomic E-state index is 12.4. The molecule has 0 aliphatic carbocycles. The Balaban J connectivity index is 2.35. The second-order valence-electron chi connectivity index (χ2n) is 4.80. The molecule has 0 N–H and O–H groups in total. The van der Waals surface area contributed by atoms with Gasteiger partial charge in [0.15, 0.2) is 0 Å². The van der Waals surface area contributed by atoms with Crippen molar-refractivity contribution in [2.75, 3.05) is 14.2 Å². The Morgan fingerprint density at radius 2 is 1.41 bits per heavy atom. The van der Waals surface area contributed by atoms with Crippen molar-refractivity contribution in [3.8, 4) is 17.2 Å². The minimum absolute atomic E-state index is 0.126. The number of rotatable bonds is 5. The van der Waals surface area contributed by atoms with Crippen LogP contribution >= 0.6 is 0 Å². The molecule has 0 aliphatic heterocycles. The van der Waals surface area contributed by atoms with Gasteiger partial charge in [0.25, 0.3) is 0 Å². The van der Waals surface area contributed by atoms with Gasteiger partial charge in [0.2, 0.25) is 0 Å². The molecular formula is C16H18O5S. The summed E-state index contributed by atoms with van der Waals surface area (Å²) in [6.45, 7) is 3.48. The normalized spacial score (nSPS) is 11.1. The Morgan fingerprint density at radius 3 is 1.95 bits per heavy atom. The molecule has 2 aromatic carbocycles. The largest absolute Gasteiger partial charge is 0.497 e. The van der Waals surface area contributed by atoms with Crippen LogP contribution in [-0.4, -0.2) is 22.6 Å². The summed E-state index contributed by atoms with van der Waals surface area (Å²) in [7, 11) is -0.824. The molecular weight excluding hydrogens is 304 g/mol. The molecule has 0 radical (unpaired) electrons. The second kappa shape index (κ2) is 6.27. The minimum atomic E-state index is -3.91. The first-order chi connectivity index (χ1) is 10.4. The average molecular weight is 322 g/mol. The highest BCUT2D eigenvalue weighted by molar-refractivity contribution is 7.87. The molecule has 0 bridgehead atoms. The number of aryl methyl sites for hydroxylation is 2. The van der Waals surface area contributed by atoms with Gasteiger partial charge in [-0.05, 0) is 61.4 Å². The molecule has 118 valence electrons. The van der Waals surface area contributed by atoms with Gasteiger partial charge in [-0.1, -0.05) is 0 Å². The van der Waals surface area contributed by atoms with Crippen molar-refractivity contribution >= 4 is 10.1 Å². The van der Waals surface area contributed by atoms with Crippen LogP contribution in [0.1, 0.15) is 11.1 Å². The lowest BCUT2D eigenvalue weighted by Gasteiger charge is -2.12. The van der Waals surface area contributed by atoms with E-state index < -0.39 is 10.1 Å². The van der Waals surface area contributed by atoms with Crippen LogP contribution in [0.25, 0.3) is 0 Å². The first-order valence-electron chi connectivity index (χ1n) is 6.61. The van der Waals surface area contributed by atoms with Crippen molar-refractivity contribution in [3.05, 3.63) is 47.5 Å². The second-order valence-corrected chi connectivity index (χ2v) is 6.32. The van der Waals surface area contributed by atoms with E-state index in [9.17, 15) is 8.42 Å². The predicted octanol–water partition coefficient (Wildman–Crippen LogP) is 3.09. The molecule has 0 saturated carbocycles. The van der Waals surface area contributed by atoms with Gasteiger partial charge in [0, 0.05) is 0 Å². The van der Waals surface area contributed by atoms with E-state index in [4.69, 9.17) is 13.7 Å². The molecule has 0 unspecified atom stereocenters. The van der Waals surface area contributed by atoms with Crippen molar-refractivity contribution in [2.45, 2.75) is 18.7 Å². The lowest BCUT2D eigenvalue weighted by molar-refractivity contribution is 0.410. The third-order valence-corrected chi connectivity index (χ3v) is 4.62. The van der Waals surface area contributed by atoms with Gasteiger partial charge in [0.05, 0.1) is 14.2 Å². The first-order valence-corrected chi connectivity index (χ1v) is 8.02. The molecule has 22 heavy (non-hydrogen) atoms. The molecule has 0 heterocycles. The van der Waals surface area contributed by atoms with Crippen molar-refractivity contribution < 1.29 is 22.1 Å². The lowest BCUT2D eigenvalue weighted by Crippen LogP contribution is -2.12. The number of hydrogen-bond donors (Lipinski definition) is 0. The molecule has 0 spiro atoms.